The van der Waals surface area contributed by atoms with Gasteiger partial charge in [-0.3, -0.25) is 4.79 Å². The van der Waals surface area contributed by atoms with E-state index in [9.17, 15) is 17.6 Å². The van der Waals surface area contributed by atoms with Crippen molar-refractivity contribution in [3.05, 3.63) is 47.5 Å². The van der Waals surface area contributed by atoms with Crippen LogP contribution in [0.1, 0.15) is 67.0 Å². The van der Waals surface area contributed by atoms with E-state index in [0.29, 0.717) is 23.5 Å². The van der Waals surface area contributed by atoms with E-state index in [2.05, 4.69) is 14.5 Å². The first-order chi connectivity index (χ1) is 20.6. The zero-order chi connectivity index (χ0) is 30.3. The number of fused-ring (bicyclic) bond motifs is 1. The van der Waals surface area contributed by atoms with Crippen molar-refractivity contribution in [3.63, 3.8) is 0 Å². The summed E-state index contributed by atoms with van der Waals surface area (Å²) in [6, 6.07) is 8.20. The molecule has 1 N–H and O–H groups in total. The molecule has 3 aliphatic rings. The predicted octanol–water partition coefficient (Wildman–Crippen LogP) is 3.44. The smallest absolute Gasteiger partial charge is 0.303 e. The Morgan fingerprint density at radius 1 is 1.02 bits per heavy atom. The second kappa shape index (κ2) is 12.1. The standard InChI is InChI=1S/C30H40FN7O4S/c1-35(2)43(40,41)34-30(39)25-19-26(37-15-11-22(12-16-37)36-17-13-24(42-3)14-18-36)27-28(20-5-4-6-20)33-38(29(27)32-25)23-9-7-21(31)8-10-23/h7-10,19-20,22,24H,4-6,11-18H2,1-3H3,(H,34,39). The maximum Gasteiger partial charge on any atom is 0.303 e. The molecular formula is C30H40FN7O4S. The molecule has 1 saturated carbocycles. The number of amides is 1. The first-order valence-electron chi connectivity index (χ1n) is 15.1. The van der Waals surface area contributed by atoms with E-state index in [0.717, 1.165) is 92.2 Å². The first kappa shape index (κ1) is 29.9. The van der Waals surface area contributed by atoms with Crippen LogP contribution in [0.5, 0.6) is 0 Å². The number of hydrogen-bond acceptors (Lipinski definition) is 8. The third-order valence-corrected chi connectivity index (χ3v) is 10.7. The second-order valence-electron chi connectivity index (χ2n) is 12.0. The van der Waals surface area contributed by atoms with Crippen LogP contribution in [-0.2, 0) is 14.9 Å². The van der Waals surface area contributed by atoms with E-state index >= 15 is 0 Å². The van der Waals surface area contributed by atoms with Crippen molar-refractivity contribution in [1.29, 1.82) is 0 Å². The number of likely N-dealkylation sites (tertiary alicyclic amines) is 1. The molecular weight excluding hydrogens is 573 g/mol. The van der Waals surface area contributed by atoms with Crippen molar-refractivity contribution in [2.75, 3.05) is 52.3 Å². The van der Waals surface area contributed by atoms with E-state index < -0.39 is 16.1 Å². The molecule has 4 heterocycles. The average molecular weight is 614 g/mol. The average Bonchev–Trinajstić information content (AvgIpc) is 3.35. The molecule has 1 amide bonds. The third kappa shape index (κ3) is 6.00. The van der Waals surface area contributed by atoms with Gasteiger partial charge in [-0.15, -0.1) is 0 Å². The van der Waals surface area contributed by atoms with Gasteiger partial charge in [-0.25, -0.2) is 18.8 Å². The van der Waals surface area contributed by atoms with Gasteiger partial charge in [-0.05, 0) is 68.9 Å². The van der Waals surface area contributed by atoms with E-state index in [1.165, 1.54) is 26.2 Å². The summed E-state index contributed by atoms with van der Waals surface area (Å²) in [7, 11) is 0.466. The van der Waals surface area contributed by atoms with Gasteiger partial charge in [0.05, 0.1) is 28.6 Å². The summed E-state index contributed by atoms with van der Waals surface area (Å²) < 4.78 is 49.2. The SMILES string of the molecule is COC1CCN(C2CCN(c3cc(C(=O)NS(=O)(=O)N(C)C)nc4c3c(C3CCC3)nn4-c3ccc(F)cc3)CC2)CC1. The van der Waals surface area contributed by atoms with Gasteiger partial charge in [0.15, 0.2) is 5.65 Å². The van der Waals surface area contributed by atoms with Gasteiger partial charge in [0.2, 0.25) is 0 Å². The summed E-state index contributed by atoms with van der Waals surface area (Å²) in [5, 5.41) is 5.88. The minimum Gasteiger partial charge on any atom is -0.381 e. The molecule has 2 aliphatic heterocycles. The number of ether oxygens (including phenoxy) is 1. The molecule has 0 spiro atoms. The predicted molar refractivity (Wildman–Crippen MR) is 162 cm³/mol. The van der Waals surface area contributed by atoms with Gasteiger partial charge in [0.1, 0.15) is 11.5 Å². The molecule has 13 heteroatoms. The largest absolute Gasteiger partial charge is 0.381 e. The zero-order valence-corrected chi connectivity index (χ0v) is 25.8. The van der Waals surface area contributed by atoms with Gasteiger partial charge in [-0.2, -0.15) is 17.8 Å². The van der Waals surface area contributed by atoms with Crippen molar-refractivity contribution in [2.24, 2.45) is 0 Å². The summed E-state index contributed by atoms with van der Waals surface area (Å²) in [6.45, 7) is 3.64. The van der Waals surface area contributed by atoms with E-state index in [4.69, 9.17) is 14.8 Å². The highest BCUT2D eigenvalue weighted by molar-refractivity contribution is 7.87. The molecule has 2 aromatic heterocycles. The Morgan fingerprint density at radius 3 is 2.28 bits per heavy atom. The molecule has 0 unspecified atom stereocenters. The van der Waals surface area contributed by atoms with Crippen LogP contribution < -0.4 is 9.62 Å². The number of piperidine rings is 2. The molecule has 232 valence electrons. The lowest BCUT2D eigenvalue weighted by molar-refractivity contribution is 0.0233. The van der Waals surface area contributed by atoms with Crippen LogP contribution in [-0.4, -0.2) is 97.8 Å². The number of aromatic nitrogens is 3. The minimum absolute atomic E-state index is 0.0138. The lowest BCUT2D eigenvalue weighted by Crippen LogP contribution is -2.48. The van der Waals surface area contributed by atoms with Crippen LogP contribution in [0.15, 0.2) is 30.3 Å². The number of carbonyl (C=O) groups excluding carboxylic acids is 1. The van der Waals surface area contributed by atoms with Crippen molar-refractivity contribution in [1.82, 2.24) is 28.7 Å². The molecule has 3 fully saturated rings. The zero-order valence-electron chi connectivity index (χ0n) is 25.0. The Hall–Kier alpha value is -3.13. The lowest BCUT2D eigenvalue weighted by atomic mass is 9.82. The van der Waals surface area contributed by atoms with E-state index in [1.54, 1.807) is 30.0 Å². The van der Waals surface area contributed by atoms with Crippen LogP contribution in [0.2, 0.25) is 0 Å². The fourth-order valence-electron chi connectivity index (χ4n) is 6.43. The normalized spacial score (nSPS) is 19.7. The quantitative estimate of drug-likeness (QED) is 0.411. The molecule has 1 aromatic carbocycles. The third-order valence-electron chi connectivity index (χ3n) is 9.27. The number of nitrogens with one attached hydrogen (secondary N) is 1. The topological polar surface area (TPSA) is 113 Å². The Kier molecular flexibility index (Phi) is 8.42. The second-order valence-corrected chi connectivity index (χ2v) is 13.9. The molecule has 3 aromatic rings. The van der Waals surface area contributed by atoms with Gasteiger partial charge < -0.3 is 14.5 Å². The number of carbonyl (C=O) groups is 1. The molecule has 0 atom stereocenters. The molecule has 2 saturated heterocycles. The van der Waals surface area contributed by atoms with Crippen LogP contribution >= 0.6 is 0 Å². The molecule has 6 rings (SSSR count). The highest BCUT2D eigenvalue weighted by Crippen LogP contribution is 2.43. The molecule has 11 nitrogen and oxygen atoms in total. The van der Waals surface area contributed by atoms with Crippen LogP contribution in [0, 0.1) is 5.82 Å². The highest BCUT2D eigenvalue weighted by atomic mass is 32.2. The first-order valence-corrected chi connectivity index (χ1v) is 16.5. The molecule has 0 radical (unpaired) electrons. The van der Waals surface area contributed by atoms with Crippen molar-refractivity contribution < 1.29 is 22.3 Å². The van der Waals surface area contributed by atoms with Crippen molar-refractivity contribution in [3.8, 4) is 5.69 Å². The molecule has 43 heavy (non-hydrogen) atoms. The lowest BCUT2D eigenvalue weighted by Gasteiger charge is -2.42. The monoisotopic (exact) mass is 613 g/mol. The van der Waals surface area contributed by atoms with Gasteiger partial charge >= 0.3 is 10.2 Å². The summed E-state index contributed by atoms with van der Waals surface area (Å²) in [5.74, 6) is -0.917. The number of nitrogens with zero attached hydrogens (tertiary/aromatic N) is 6. The Labute approximate surface area is 252 Å². The maximum atomic E-state index is 13.8. The number of anilines is 1. The number of rotatable bonds is 8. The minimum atomic E-state index is -4.03. The van der Waals surface area contributed by atoms with Gasteiger partial charge in [0, 0.05) is 59.3 Å². The Bertz CT molecular complexity index is 1570. The Morgan fingerprint density at radius 2 is 1.70 bits per heavy atom. The maximum absolute atomic E-state index is 13.8. The summed E-state index contributed by atoms with van der Waals surface area (Å²) in [5.41, 5.74) is 2.82. The van der Waals surface area contributed by atoms with Crippen molar-refractivity contribution in [2.45, 2.75) is 63.0 Å². The highest BCUT2D eigenvalue weighted by Gasteiger charge is 2.33. The number of pyridine rings is 1. The number of hydrogen-bond donors (Lipinski definition) is 1. The number of halogens is 1. The van der Waals surface area contributed by atoms with E-state index in [1.807, 2.05) is 0 Å². The fraction of sp³-hybridized carbons (Fsp3) is 0.567. The summed E-state index contributed by atoms with van der Waals surface area (Å²) in [6.07, 6.45) is 7.52. The molecule has 0 bridgehead atoms. The summed E-state index contributed by atoms with van der Waals surface area (Å²) >= 11 is 0. The van der Waals surface area contributed by atoms with Gasteiger partial charge in [-0.1, -0.05) is 6.42 Å². The van der Waals surface area contributed by atoms with Crippen LogP contribution in [0.4, 0.5) is 10.1 Å². The van der Waals surface area contributed by atoms with E-state index in [-0.39, 0.29) is 17.4 Å². The summed E-state index contributed by atoms with van der Waals surface area (Å²) in [4.78, 5) is 22.9. The van der Waals surface area contributed by atoms with Gasteiger partial charge in [0.25, 0.3) is 5.91 Å². The number of benzene rings is 1. The number of methoxy groups -OCH3 is 1. The fourth-order valence-corrected chi connectivity index (χ4v) is 6.95. The molecule has 1 aliphatic carbocycles. The van der Waals surface area contributed by atoms with Crippen molar-refractivity contribution >= 4 is 32.8 Å². The van der Waals surface area contributed by atoms with Crippen LogP contribution in [0.25, 0.3) is 16.7 Å². The Balaban J connectivity index is 1.40. The van der Waals surface area contributed by atoms with Crippen LogP contribution in [0.3, 0.4) is 0 Å².